The molecule has 1 aliphatic heterocycles. The van der Waals surface area contributed by atoms with Gasteiger partial charge in [-0.25, -0.2) is 9.78 Å². The number of aromatic amines is 1. The number of rotatable bonds is 2. The maximum absolute atomic E-state index is 12.5. The molecule has 2 aromatic rings. The smallest absolute Gasteiger partial charge is 0.326 e. The predicted octanol–water partition coefficient (Wildman–Crippen LogP) is 0.162. The third-order valence-electron chi connectivity index (χ3n) is 3.42. The molecule has 0 saturated heterocycles. The summed E-state index contributed by atoms with van der Waals surface area (Å²) in [6.45, 7) is 0.126. The lowest BCUT2D eigenvalue weighted by Crippen LogP contribution is -2.48. The number of nitrogens with zero attached hydrogens (tertiary/aromatic N) is 3. The van der Waals surface area contributed by atoms with E-state index in [-0.39, 0.29) is 24.3 Å². The first-order chi connectivity index (χ1) is 10.1. The van der Waals surface area contributed by atoms with Gasteiger partial charge in [-0.15, -0.1) is 0 Å². The van der Waals surface area contributed by atoms with E-state index < -0.39 is 17.9 Å². The summed E-state index contributed by atoms with van der Waals surface area (Å²) < 4.78 is 0. The number of carbonyl (C=O) groups is 2. The molecule has 2 aromatic heterocycles. The van der Waals surface area contributed by atoms with Gasteiger partial charge in [0.25, 0.3) is 5.91 Å². The van der Waals surface area contributed by atoms with Crippen molar-refractivity contribution in [1.29, 1.82) is 0 Å². The zero-order valence-corrected chi connectivity index (χ0v) is 10.9. The van der Waals surface area contributed by atoms with Gasteiger partial charge >= 0.3 is 5.97 Å². The van der Waals surface area contributed by atoms with E-state index in [0.29, 0.717) is 11.4 Å². The number of pyridine rings is 1. The van der Waals surface area contributed by atoms with Gasteiger partial charge in [0.15, 0.2) is 0 Å². The number of aromatic nitrogens is 3. The Hall–Kier alpha value is -2.90. The molecule has 1 aliphatic rings. The molecular formula is C13H12N4O4. The molecule has 0 bridgehead atoms. The van der Waals surface area contributed by atoms with E-state index in [0.717, 1.165) is 0 Å². The van der Waals surface area contributed by atoms with E-state index >= 15 is 0 Å². The summed E-state index contributed by atoms with van der Waals surface area (Å²) in [6, 6.07) is 0.270. The van der Waals surface area contributed by atoms with Crippen molar-refractivity contribution in [3.63, 3.8) is 0 Å². The summed E-state index contributed by atoms with van der Waals surface area (Å²) in [5.41, 5.74) is 1.51. The number of carboxylic acid groups (broad SMARTS) is 1. The number of hydrogen-bond acceptors (Lipinski definition) is 5. The quantitative estimate of drug-likeness (QED) is 0.724. The molecule has 0 fully saturated rings. The number of carbonyl (C=O) groups excluding carboxylic acids is 1. The fourth-order valence-electron chi connectivity index (χ4n) is 2.38. The first-order valence-electron chi connectivity index (χ1n) is 6.25. The van der Waals surface area contributed by atoms with Gasteiger partial charge in [-0.05, 0) is 6.07 Å². The number of hydrogen-bond donors (Lipinski definition) is 3. The average Bonchev–Trinajstić information content (AvgIpc) is 2.92. The number of fused-ring (bicyclic) bond motifs is 1. The molecule has 1 unspecified atom stereocenters. The Morgan fingerprint density at radius 3 is 2.90 bits per heavy atom. The summed E-state index contributed by atoms with van der Waals surface area (Å²) in [5, 5.41) is 18.7. The number of H-pyrrole nitrogens is 1. The van der Waals surface area contributed by atoms with Gasteiger partial charge < -0.3 is 20.1 Å². The van der Waals surface area contributed by atoms with Gasteiger partial charge in [-0.2, -0.15) is 0 Å². The standard InChI is InChI=1S/C13H12N4O4/c18-8-1-7(3-14-4-8)12(19)17-5-10-9(15-6-16-10)2-11(17)13(20)21/h1,3-4,6,11,18H,2,5H2,(H,15,16)(H,20,21). The Kier molecular flexibility index (Phi) is 3.05. The topological polar surface area (TPSA) is 119 Å². The zero-order chi connectivity index (χ0) is 15.0. The maximum Gasteiger partial charge on any atom is 0.326 e. The van der Waals surface area contributed by atoms with Crippen LogP contribution in [0.25, 0.3) is 0 Å². The van der Waals surface area contributed by atoms with E-state index in [1.54, 1.807) is 0 Å². The Bertz CT molecular complexity index is 712. The molecule has 1 amide bonds. The molecule has 1 atom stereocenters. The van der Waals surface area contributed by atoms with Crippen LogP contribution < -0.4 is 0 Å². The number of amides is 1. The number of nitrogens with one attached hydrogen (secondary N) is 1. The van der Waals surface area contributed by atoms with Crippen LogP contribution in [0.5, 0.6) is 5.75 Å². The van der Waals surface area contributed by atoms with Crippen LogP contribution in [0.3, 0.4) is 0 Å². The van der Waals surface area contributed by atoms with Gasteiger partial charge in [0, 0.05) is 12.6 Å². The van der Waals surface area contributed by atoms with Crippen LogP contribution in [-0.2, 0) is 17.8 Å². The minimum absolute atomic E-state index is 0.126. The summed E-state index contributed by atoms with van der Waals surface area (Å²) in [7, 11) is 0. The minimum Gasteiger partial charge on any atom is -0.506 e. The number of carboxylic acids is 1. The summed E-state index contributed by atoms with van der Waals surface area (Å²) >= 11 is 0. The second-order valence-electron chi connectivity index (χ2n) is 4.75. The largest absolute Gasteiger partial charge is 0.506 e. The third kappa shape index (κ3) is 2.31. The second-order valence-corrected chi connectivity index (χ2v) is 4.75. The van der Waals surface area contributed by atoms with Gasteiger partial charge in [0.2, 0.25) is 0 Å². The van der Waals surface area contributed by atoms with Crippen molar-refractivity contribution in [3.8, 4) is 5.75 Å². The molecular weight excluding hydrogens is 276 g/mol. The number of imidazole rings is 1. The molecule has 3 rings (SSSR count). The van der Waals surface area contributed by atoms with E-state index in [1.807, 2.05) is 0 Å². The predicted molar refractivity (Wildman–Crippen MR) is 69.5 cm³/mol. The van der Waals surface area contributed by atoms with Crippen molar-refractivity contribution in [2.45, 2.75) is 19.0 Å². The number of aromatic hydroxyl groups is 1. The molecule has 0 spiro atoms. The molecule has 0 aliphatic carbocycles. The van der Waals surface area contributed by atoms with Crippen LogP contribution >= 0.6 is 0 Å². The lowest BCUT2D eigenvalue weighted by molar-refractivity contribution is -0.142. The SMILES string of the molecule is O=C(O)C1Cc2nc[nH]c2CN1C(=O)c1cncc(O)c1. The van der Waals surface area contributed by atoms with Crippen molar-refractivity contribution in [2.24, 2.45) is 0 Å². The fraction of sp³-hybridized carbons (Fsp3) is 0.231. The lowest BCUT2D eigenvalue weighted by Gasteiger charge is -2.32. The average molecular weight is 288 g/mol. The highest BCUT2D eigenvalue weighted by atomic mass is 16.4. The van der Waals surface area contributed by atoms with Crippen LogP contribution in [0.2, 0.25) is 0 Å². The molecule has 3 heterocycles. The van der Waals surface area contributed by atoms with Crippen molar-refractivity contribution in [2.75, 3.05) is 0 Å². The number of aliphatic carboxylic acids is 1. The molecule has 0 aromatic carbocycles. The van der Waals surface area contributed by atoms with Crippen molar-refractivity contribution in [3.05, 3.63) is 41.7 Å². The Morgan fingerprint density at radius 1 is 1.38 bits per heavy atom. The maximum atomic E-state index is 12.5. The molecule has 3 N–H and O–H groups in total. The van der Waals surface area contributed by atoms with Crippen LogP contribution in [-0.4, -0.2) is 48.0 Å². The second kappa shape index (κ2) is 4.89. The van der Waals surface area contributed by atoms with Crippen LogP contribution in [0, 0.1) is 0 Å². The van der Waals surface area contributed by atoms with Gasteiger partial charge in [-0.3, -0.25) is 9.78 Å². The van der Waals surface area contributed by atoms with Crippen LogP contribution in [0.15, 0.2) is 24.8 Å². The normalized spacial score (nSPS) is 17.3. The monoisotopic (exact) mass is 288 g/mol. The van der Waals surface area contributed by atoms with E-state index in [4.69, 9.17) is 0 Å². The van der Waals surface area contributed by atoms with E-state index in [2.05, 4.69) is 15.0 Å². The Labute approximate surface area is 119 Å². The zero-order valence-electron chi connectivity index (χ0n) is 10.9. The lowest BCUT2D eigenvalue weighted by atomic mass is 10.0. The highest BCUT2D eigenvalue weighted by molar-refractivity contribution is 5.96. The Balaban J connectivity index is 1.95. The highest BCUT2D eigenvalue weighted by Crippen LogP contribution is 2.23. The first-order valence-corrected chi connectivity index (χ1v) is 6.25. The van der Waals surface area contributed by atoms with Gasteiger partial charge in [-0.1, -0.05) is 0 Å². The molecule has 21 heavy (non-hydrogen) atoms. The summed E-state index contributed by atoms with van der Waals surface area (Å²) in [5.74, 6) is -1.73. The summed E-state index contributed by atoms with van der Waals surface area (Å²) in [4.78, 5) is 35.8. The third-order valence-corrected chi connectivity index (χ3v) is 3.42. The fourth-order valence-corrected chi connectivity index (χ4v) is 2.38. The first kappa shape index (κ1) is 13.1. The molecule has 8 nitrogen and oxygen atoms in total. The van der Waals surface area contributed by atoms with Gasteiger partial charge in [0.1, 0.15) is 11.8 Å². The molecule has 8 heteroatoms. The van der Waals surface area contributed by atoms with Gasteiger partial charge in [0.05, 0.1) is 36.0 Å². The molecule has 108 valence electrons. The minimum atomic E-state index is -1.09. The van der Waals surface area contributed by atoms with Crippen LogP contribution in [0.4, 0.5) is 0 Å². The molecule has 0 saturated carbocycles. The van der Waals surface area contributed by atoms with Crippen LogP contribution in [0.1, 0.15) is 21.7 Å². The van der Waals surface area contributed by atoms with E-state index in [1.165, 1.54) is 29.7 Å². The van der Waals surface area contributed by atoms with Crippen molar-refractivity contribution >= 4 is 11.9 Å². The van der Waals surface area contributed by atoms with E-state index in [9.17, 15) is 19.8 Å². The highest BCUT2D eigenvalue weighted by Gasteiger charge is 2.36. The summed E-state index contributed by atoms with van der Waals surface area (Å²) in [6.07, 6.45) is 4.12. The van der Waals surface area contributed by atoms with Crippen molar-refractivity contribution < 1.29 is 19.8 Å². The molecule has 0 radical (unpaired) electrons. The van der Waals surface area contributed by atoms with Crippen molar-refractivity contribution in [1.82, 2.24) is 19.9 Å². The Morgan fingerprint density at radius 2 is 2.19 bits per heavy atom.